The van der Waals surface area contributed by atoms with Gasteiger partial charge in [0.1, 0.15) is 5.82 Å². The lowest BCUT2D eigenvalue weighted by atomic mass is 9.93. The fraction of sp³-hybridized carbons (Fsp3) is 0.533. The van der Waals surface area contributed by atoms with Crippen molar-refractivity contribution in [1.82, 2.24) is 10.6 Å². The smallest absolute Gasteiger partial charge is 0.240 e. The molecule has 3 nitrogen and oxygen atoms in total. The Kier molecular flexibility index (Phi) is 6.43. The summed E-state index contributed by atoms with van der Waals surface area (Å²) in [7, 11) is 0. The lowest BCUT2D eigenvalue weighted by molar-refractivity contribution is -0.127. The largest absolute Gasteiger partial charge is 0.354 e. The number of hydrogen-bond donors (Lipinski definition) is 2. The lowest BCUT2D eigenvalue weighted by Gasteiger charge is -2.26. The molecule has 1 aromatic carbocycles. The van der Waals surface area contributed by atoms with Gasteiger partial charge in [0.25, 0.3) is 0 Å². The predicted molar refractivity (Wildman–Crippen MR) is 80.6 cm³/mol. The highest BCUT2D eigenvalue weighted by atomic mass is 35.5. The van der Waals surface area contributed by atoms with E-state index < -0.39 is 0 Å². The Morgan fingerprint density at radius 3 is 2.65 bits per heavy atom. The van der Waals surface area contributed by atoms with Crippen LogP contribution in [0.1, 0.15) is 31.7 Å². The van der Waals surface area contributed by atoms with E-state index in [1.165, 1.54) is 12.1 Å². The average Bonchev–Trinajstić information content (AvgIpc) is 2.91. The molecule has 0 aliphatic carbocycles. The van der Waals surface area contributed by atoms with Crippen LogP contribution in [0.3, 0.4) is 0 Å². The van der Waals surface area contributed by atoms with Gasteiger partial charge in [0.2, 0.25) is 5.91 Å². The van der Waals surface area contributed by atoms with Crippen LogP contribution in [0.4, 0.5) is 4.39 Å². The number of benzene rings is 1. The Morgan fingerprint density at radius 1 is 1.40 bits per heavy atom. The van der Waals surface area contributed by atoms with Gasteiger partial charge in [-0.2, -0.15) is 0 Å². The molecule has 1 atom stereocenters. The highest BCUT2D eigenvalue weighted by Gasteiger charge is 2.38. The Morgan fingerprint density at radius 2 is 2.10 bits per heavy atom. The van der Waals surface area contributed by atoms with Crippen molar-refractivity contribution in [3.8, 4) is 0 Å². The highest BCUT2D eigenvalue weighted by Crippen LogP contribution is 2.22. The lowest BCUT2D eigenvalue weighted by Crippen LogP contribution is -2.53. The summed E-state index contributed by atoms with van der Waals surface area (Å²) in [5.41, 5.74) is 0.662. The Hall–Kier alpha value is -1.13. The molecule has 112 valence electrons. The average molecular weight is 301 g/mol. The molecular formula is C15H22ClFN2O. The van der Waals surface area contributed by atoms with Crippen LogP contribution in [-0.4, -0.2) is 24.5 Å². The van der Waals surface area contributed by atoms with Crippen LogP contribution in [0.2, 0.25) is 0 Å². The topological polar surface area (TPSA) is 41.1 Å². The number of amides is 1. The van der Waals surface area contributed by atoms with E-state index in [2.05, 4.69) is 10.6 Å². The maximum absolute atomic E-state index is 12.8. The second-order valence-corrected chi connectivity index (χ2v) is 5.10. The first-order valence-electron chi connectivity index (χ1n) is 6.94. The van der Waals surface area contributed by atoms with E-state index in [4.69, 9.17) is 0 Å². The molecule has 2 rings (SSSR count). The van der Waals surface area contributed by atoms with Crippen molar-refractivity contribution >= 4 is 18.3 Å². The minimum atomic E-state index is -0.372. The van der Waals surface area contributed by atoms with Gasteiger partial charge in [0.05, 0.1) is 5.54 Å². The third-order valence-corrected chi connectivity index (χ3v) is 3.89. The monoisotopic (exact) mass is 300 g/mol. The molecule has 1 heterocycles. The van der Waals surface area contributed by atoms with E-state index in [-0.39, 0.29) is 29.7 Å². The number of rotatable bonds is 5. The highest BCUT2D eigenvalue weighted by molar-refractivity contribution is 5.86. The minimum absolute atomic E-state index is 0. The van der Waals surface area contributed by atoms with Crippen LogP contribution in [0.15, 0.2) is 24.3 Å². The molecule has 1 aliphatic rings. The maximum atomic E-state index is 12.8. The van der Waals surface area contributed by atoms with Gasteiger partial charge in [0, 0.05) is 6.54 Å². The third kappa shape index (κ3) is 3.93. The second-order valence-electron chi connectivity index (χ2n) is 5.10. The molecule has 0 bridgehead atoms. The van der Waals surface area contributed by atoms with Crippen LogP contribution in [0.5, 0.6) is 0 Å². The van der Waals surface area contributed by atoms with E-state index in [1.54, 1.807) is 12.1 Å². The van der Waals surface area contributed by atoms with Gasteiger partial charge in [-0.1, -0.05) is 19.1 Å². The van der Waals surface area contributed by atoms with Gasteiger partial charge in [-0.15, -0.1) is 12.4 Å². The summed E-state index contributed by atoms with van der Waals surface area (Å²) >= 11 is 0. The van der Waals surface area contributed by atoms with Crippen molar-refractivity contribution in [3.63, 3.8) is 0 Å². The first-order chi connectivity index (χ1) is 9.16. The number of halogens is 2. The first kappa shape index (κ1) is 16.9. The SMILES string of the molecule is CCC1(C(=O)NCCc2ccc(F)cc2)CCCN1.Cl. The maximum Gasteiger partial charge on any atom is 0.240 e. The molecule has 0 aromatic heterocycles. The second kappa shape index (κ2) is 7.60. The van der Waals surface area contributed by atoms with Gasteiger partial charge in [-0.25, -0.2) is 4.39 Å². The van der Waals surface area contributed by atoms with Gasteiger partial charge in [-0.05, 0) is 49.9 Å². The number of carbonyl (C=O) groups is 1. The van der Waals surface area contributed by atoms with Crippen molar-refractivity contribution in [2.24, 2.45) is 0 Å². The van der Waals surface area contributed by atoms with E-state index in [0.717, 1.165) is 37.8 Å². The molecule has 1 amide bonds. The standard InChI is InChI=1S/C15H21FN2O.ClH/c1-2-15(9-3-10-18-15)14(19)17-11-8-12-4-6-13(16)7-5-12;/h4-7,18H,2-3,8-11H2,1H3,(H,17,19);1H. The number of nitrogens with one attached hydrogen (secondary N) is 2. The summed E-state index contributed by atoms with van der Waals surface area (Å²) < 4.78 is 12.8. The predicted octanol–water partition coefficient (Wildman–Crippen LogP) is 2.44. The summed E-state index contributed by atoms with van der Waals surface area (Å²) in [4.78, 5) is 12.2. The van der Waals surface area contributed by atoms with Crippen LogP contribution < -0.4 is 10.6 Å². The van der Waals surface area contributed by atoms with E-state index >= 15 is 0 Å². The van der Waals surface area contributed by atoms with E-state index in [0.29, 0.717) is 6.54 Å². The third-order valence-electron chi connectivity index (χ3n) is 3.89. The van der Waals surface area contributed by atoms with Gasteiger partial charge >= 0.3 is 0 Å². The quantitative estimate of drug-likeness (QED) is 0.877. The first-order valence-corrected chi connectivity index (χ1v) is 6.94. The fourth-order valence-electron chi connectivity index (χ4n) is 2.60. The zero-order chi connectivity index (χ0) is 13.7. The van der Waals surface area contributed by atoms with Crippen molar-refractivity contribution < 1.29 is 9.18 Å². The Labute approximate surface area is 125 Å². The van der Waals surface area contributed by atoms with E-state index in [1.807, 2.05) is 6.92 Å². The molecule has 1 unspecified atom stereocenters. The zero-order valence-electron chi connectivity index (χ0n) is 11.7. The molecule has 0 spiro atoms. The summed E-state index contributed by atoms with van der Waals surface area (Å²) in [5, 5.41) is 6.30. The van der Waals surface area contributed by atoms with Crippen LogP contribution in [-0.2, 0) is 11.2 Å². The van der Waals surface area contributed by atoms with Crippen LogP contribution in [0.25, 0.3) is 0 Å². The normalized spacial score (nSPS) is 21.3. The van der Waals surface area contributed by atoms with E-state index in [9.17, 15) is 9.18 Å². The molecule has 1 aromatic rings. The van der Waals surface area contributed by atoms with Gasteiger partial charge in [-0.3, -0.25) is 4.79 Å². The van der Waals surface area contributed by atoms with Gasteiger partial charge in [0.15, 0.2) is 0 Å². The molecule has 0 radical (unpaired) electrons. The van der Waals surface area contributed by atoms with Crippen molar-refractivity contribution in [2.75, 3.05) is 13.1 Å². The molecule has 2 N–H and O–H groups in total. The van der Waals surface area contributed by atoms with Crippen LogP contribution >= 0.6 is 12.4 Å². The minimum Gasteiger partial charge on any atom is -0.354 e. The fourth-order valence-corrected chi connectivity index (χ4v) is 2.60. The summed E-state index contributed by atoms with van der Waals surface area (Å²) in [6.45, 7) is 3.55. The zero-order valence-corrected chi connectivity index (χ0v) is 12.6. The molecule has 0 saturated carbocycles. The summed E-state index contributed by atoms with van der Waals surface area (Å²) in [6.07, 6.45) is 3.51. The van der Waals surface area contributed by atoms with Crippen molar-refractivity contribution in [2.45, 2.75) is 38.1 Å². The Bertz CT molecular complexity index is 430. The molecule has 1 saturated heterocycles. The van der Waals surface area contributed by atoms with Gasteiger partial charge < -0.3 is 10.6 Å². The molecule has 1 fully saturated rings. The number of carbonyl (C=O) groups excluding carboxylic acids is 1. The summed E-state index contributed by atoms with van der Waals surface area (Å²) in [6, 6.07) is 6.40. The van der Waals surface area contributed by atoms with Crippen molar-refractivity contribution in [1.29, 1.82) is 0 Å². The Balaban J connectivity index is 0.00000200. The van der Waals surface area contributed by atoms with Crippen LogP contribution in [0, 0.1) is 5.82 Å². The molecule has 5 heteroatoms. The summed E-state index contributed by atoms with van der Waals surface area (Å²) in [5.74, 6) is -0.137. The molecule has 20 heavy (non-hydrogen) atoms. The molecule has 1 aliphatic heterocycles. The number of hydrogen-bond acceptors (Lipinski definition) is 2. The van der Waals surface area contributed by atoms with Crippen molar-refractivity contribution in [3.05, 3.63) is 35.6 Å². The molecular weight excluding hydrogens is 279 g/mol.